The maximum absolute atomic E-state index is 12.9. The monoisotopic (exact) mass is 452 g/mol. The Balaban J connectivity index is 1.36. The highest BCUT2D eigenvalue weighted by molar-refractivity contribution is 7.10. The molecule has 1 N–H and O–H groups in total. The van der Waals surface area contributed by atoms with Gasteiger partial charge in [0.05, 0.1) is 24.1 Å². The average Bonchev–Trinajstić information content (AvgIpc) is 3.39. The third-order valence-electron chi connectivity index (χ3n) is 7.83. The summed E-state index contributed by atoms with van der Waals surface area (Å²) in [6.07, 6.45) is 5.37. The summed E-state index contributed by atoms with van der Waals surface area (Å²) in [5.74, 6) is 0.657. The van der Waals surface area contributed by atoms with Gasteiger partial charge in [0.15, 0.2) is 0 Å². The van der Waals surface area contributed by atoms with Crippen LogP contribution in [0.25, 0.3) is 0 Å². The number of nitrogens with one attached hydrogen (secondary N) is 1. The molecule has 4 fully saturated rings. The van der Waals surface area contributed by atoms with E-state index in [1.54, 1.807) is 29.7 Å². The van der Waals surface area contributed by atoms with E-state index in [4.69, 9.17) is 9.31 Å². The zero-order valence-corrected chi connectivity index (χ0v) is 19.6. The molecule has 1 saturated heterocycles. The maximum atomic E-state index is 12.9. The smallest absolute Gasteiger partial charge is 0.404 e. The Kier molecular flexibility index (Phi) is 5.50. The van der Waals surface area contributed by atoms with Crippen LogP contribution in [0, 0.1) is 17.3 Å². The zero-order chi connectivity index (χ0) is 22.5. The summed E-state index contributed by atoms with van der Waals surface area (Å²) in [4.78, 5) is 29.5. The number of thiophene rings is 1. The van der Waals surface area contributed by atoms with Crippen LogP contribution in [-0.2, 0) is 26.9 Å². The Morgan fingerprint density at radius 3 is 2.97 bits per heavy atom. The van der Waals surface area contributed by atoms with E-state index in [1.165, 1.54) is 6.42 Å². The Bertz CT molecular complexity index is 1010. The van der Waals surface area contributed by atoms with Gasteiger partial charge in [0.25, 0.3) is 0 Å². The van der Waals surface area contributed by atoms with Gasteiger partial charge in [-0.05, 0) is 60.6 Å². The van der Waals surface area contributed by atoms with Crippen LogP contribution in [0.5, 0.6) is 0 Å². The number of nitrogens with zero attached hydrogens (tertiary/aromatic N) is 1. The molecule has 3 saturated carbocycles. The standard InChI is InChI=1S/C24H29BN2O4S/c1-23(2)16-10-19(23)22-24(3,13-16)31-25(30-22)20(11-17-9-15(14-28)6-7-26-17)27-21(29)12-18-5-4-8-32-18/h4-9,14,16,19-20,22H,10-13H2,1-3H3,(H,27,29)/t16-,19+,20-,22?,24+/m1/s1. The SMILES string of the molecule is CC1(C)[C@@H]2C[C@H]1C1OB([C@@H](Cc3cc(C=O)ccn3)NC(=O)Cc3cccs3)O[C@@]1(C)C2. The summed E-state index contributed by atoms with van der Waals surface area (Å²) in [6, 6.07) is 7.34. The second kappa shape index (κ2) is 8.08. The van der Waals surface area contributed by atoms with Crippen LogP contribution in [0.4, 0.5) is 0 Å². The Labute approximate surface area is 193 Å². The molecule has 3 aliphatic carbocycles. The van der Waals surface area contributed by atoms with Crippen molar-refractivity contribution in [2.75, 3.05) is 0 Å². The zero-order valence-electron chi connectivity index (χ0n) is 18.7. The fraction of sp³-hybridized carbons (Fsp3) is 0.542. The average molecular weight is 452 g/mol. The van der Waals surface area contributed by atoms with Gasteiger partial charge in [0.2, 0.25) is 5.91 Å². The van der Waals surface area contributed by atoms with Gasteiger partial charge in [0.1, 0.15) is 6.29 Å². The summed E-state index contributed by atoms with van der Waals surface area (Å²) >= 11 is 1.57. The van der Waals surface area contributed by atoms with Gasteiger partial charge in [-0.25, -0.2) is 0 Å². The molecule has 0 spiro atoms. The molecule has 2 aromatic rings. The molecule has 0 aromatic carbocycles. The molecule has 168 valence electrons. The first-order chi connectivity index (χ1) is 15.3. The highest BCUT2D eigenvalue weighted by atomic mass is 32.1. The molecule has 3 heterocycles. The van der Waals surface area contributed by atoms with E-state index in [2.05, 4.69) is 31.1 Å². The number of carbonyl (C=O) groups is 2. The number of carbonyl (C=O) groups excluding carboxylic acids is 2. The maximum Gasteiger partial charge on any atom is 0.482 e. The van der Waals surface area contributed by atoms with E-state index in [9.17, 15) is 9.59 Å². The number of rotatable bonds is 7. The van der Waals surface area contributed by atoms with E-state index in [0.717, 1.165) is 23.3 Å². The van der Waals surface area contributed by atoms with E-state index in [0.29, 0.717) is 30.2 Å². The van der Waals surface area contributed by atoms with Crippen molar-refractivity contribution in [1.29, 1.82) is 0 Å². The molecule has 6 nitrogen and oxygen atoms in total. The van der Waals surface area contributed by atoms with Gasteiger partial charge in [-0.3, -0.25) is 14.6 Å². The molecular formula is C24H29BN2O4S. The van der Waals surface area contributed by atoms with Crippen LogP contribution in [-0.4, -0.2) is 41.9 Å². The lowest BCUT2D eigenvalue weighted by molar-refractivity contribution is -0.185. The number of aldehydes is 1. The molecule has 1 aliphatic heterocycles. The predicted molar refractivity (Wildman–Crippen MR) is 123 cm³/mol. The molecule has 0 radical (unpaired) electrons. The van der Waals surface area contributed by atoms with Crippen molar-refractivity contribution in [2.45, 2.75) is 64.1 Å². The molecule has 32 heavy (non-hydrogen) atoms. The van der Waals surface area contributed by atoms with Gasteiger partial charge < -0.3 is 14.6 Å². The molecule has 1 unspecified atom stereocenters. The van der Waals surface area contributed by atoms with Gasteiger partial charge in [-0.1, -0.05) is 19.9 Å². The van der Waals surface area contributed by atoms with Crippen molar-refractivity contribution >= 4 is 30.6 Å². The van der Waals surface area contributed by atoms with Crippen LogP contribution < -0.4 is 5.32 Å². The molecule has 8 heteroatoms. The van der Waals surface area contributed by atoms with Crippen molar-refractivity contribution in [3.63, 3.8) is 0 Å². The Hall–Kier alpha value is -2.03. The highest BCUT2D eigenvalue weighted by Gasteiger charge is 2.67. The minimum Gasteiger partial charge on any atom is -0.404 e. The number of hydrogen-bond acceptors (Lipinski definition) is 6. The van der Waals surface area contributed by atoms with Crippen LogP contribution in [0.2, 0.25) is 0 Å². The number of amides is 1. The van der Waals surface area contributed by atoms with E-state index in [1.807, 2.05) is 17.5 Å². The summed E-state index contributed by atoms with van der Waals surface area (Å²) in [7, 11) is -0.547. The lowest BCUT2D eigenvalue weighted by Crippen LogP contribution is -2.63. The first kappa shape index (κ1) is 21.8. The van der Waals surface area contributed by atoms with E-state index in [-0.39, 0.29) is 29.0 Å². The van der Waals surface area contributed by atoms with Crippen molar-refractivity contribution in [1.82, 2.24) is 10.3 Å². The molecular weight excluding hydrogens is 423 g/mol. The van der Waals surface area contributed by atoms with Gasteiger partial charge in [0, 0.05) is 28.8 Å². The van der Waals surface area contributed by atoms with Crippen molar-refractivity contribution < 1.29 is 18.9 Å². The molecule has 4 aliphatic rings. The second-order valence-electron chi connectivity index (χ2n) is 10.3. The van der Waals surface area contributed by atoms with Gasteiger partial charge in [-0.15, -0.1) is 11.3 Å². The number of pyridine rings is 1. The fourth-order valence-corrected chi connectivity index (χ4v) is 6.57. The first-order valence-electron chi connectivity index (χ1n) is 11.3. The minimum absolute atomic E-state index is 0.0264. The van der Waals surface area contributed by atoms with Crippen LogP contribution in [0.15, 0.2) is 35.8 Å². The summed E-state index contributed by atoms with van der Waals surface area (Å²) in [5, 5.41) is 5.12. The molecule has 6 rings (SSSR count). The van der Waals surface area contributed by atoms with E-state index < -0.39 is 7.12 Å². The molecule has 2 bridgehead atoms. The van der Waals surface area contributed by atoms with Crippen LogP contribution in [0.1, 0.15) is 54.5 Å². The quantitative estimate of drug-likeness (QED) is 0.514. The van der Waals surface area contributed by atoms with Crippen molar-refractivity contribution in [3.05, 3.63) is 52.0 Å². The fourth-order valence-electron chi connectivity index (χ4n) is 5.87. The lowest BCUT2D eigenvalue weighted by atomic mass is 9.45. The Morgan fingerprint density at radius 1 is 1.41 bits per heavy atom. The number of aromatic nitrogens is 1. The molecule has 1 amide bonds. The van der Waals surface area contributed by atoms with Gasteiger partial charge >= 0.3 is 7.12 Å². The van der Waals surface area contributed by atoms with E-state index >= 15 is 0 Å². The molecule has 2 aromatic heterocycles. The highest BCUT2D eigenvalue weighted by Crippen LogP contribution is 2.64. The first-order valence-corrected chi connectivity index (χ1v) is 12.2. The summed E-state index contributed by atoms with van der Waals surface area (Å²) in [6.45, 7) is 6.82. The van der Waals surface area contributed by atoms with Crippen molar-refractivity contribution in [3.8, 4) is 0 Å². The topological polar surface area (TPSA) is 77.5 Å². The number of hydrogen-bond donors (Lipinski definition) is 1. The Morgan fingerprint density at radius 2 is 2.25 bits per heavy atom. The third kappa shape index (κ3) is 3.82. The second-order valence-corrected chi connectivity index (χ2v) is 11.3. The van der Waals surface area contributed by atoms with Gasteiger partial charge in [-0.2, -0.15) is 0 Å². The largest absolute Gasteiger partial charge is 0.482 e. The van der Waals surface area contributed by atoms with Crippen molar-refractivity contribution in [2.24, 2.45) is 17.3 Å². The predicted octanol–water partition coefficient (Wildman–Crippen LogP) is 3.49. The lowest BCUT2D eigenvalue weighted by Gasteiger charge is -2.63. The third-order valence-corrected chi connectivity index (χ3v) is 8.70. The van der Waals surface area contributed by atoms with Crippen LogP contribution in [0.3, 0.4) is 0 Å². The summed E-state index contributed by atoms with van der Waals surface area (Å²) in [5.41, 5.74) is 1.23. The van der Waals surface area contributed by atoms with Crippen LogP contribution >= 0.6 is 11.3 Å². The normalized spacial score (nSPS) is 30.8. The minimum atomic E-state index is -0.547. The molecule has 5 atom stereocenters. The summed E-state index contributed by atoms with van der Waals surface area (Å²) < 4.78 is 13.1.